The zero-order valence-electron chi connectivity index (χ0n) is 37.9. The number of amides is 5. The van der Waals surface area contributed by atoms with Crippen LogP contribution in [-0.2, 0) is 57.0 Å². The minimum Gasteiger partial charge on any atom is -0.403 e. The molecule has 6 atom stereocenters. The molecule has 2 aliphatic rings. The van der Waals surface area contributed by atoms with E-state index in [1.807, 2.05) is 0 Å². The van der Waals surface area contributed by atoms with E-state index in [0.29, 0.717) is 158 Å². The van der Waals surface area contributed by atoms with Crippen molar-refractivity contribution in [1.82, 2.24) is 25.8 Å². The molecular formula is C41H74LiN5O17-2. The molecule has 0 saturated carbocycles. The molecule has 23 heteroatoms. The zero-order valence-corrected chi connectivity index (χ0v) is 37.9. The van der Waals surface area contributed by atoms with Gasteiger partial charge in [0.2, 0.25) is 17.7 Å². The summed E-state index contributed by atoms with van der Waals surface area (Å²) in [7, 11) is 0. The van der Waals surface area contributed by atoms with E-state index in [-0.39, 0.29) is 42.6 Å². The third kappa shape index (κ3) is 29.2. The van der Waals surface area contributed by atoms with Gasteiger partial charge in [-0.1, -0.05) is 0 Å². The van der Waals surface area contributed by atoms with Crippen molar-refractivity contribution >= 4 is 23.8 Å². The molecular weight excluding hydrogens is 841 g/mol. The number of carbonyl (C=O) groups excluding carboxylic acids is 4. The predicted molar refractivity (Wildman–Crippen MR) is 227 cm³/mol. The number of aliphatic hydroxyl groups excluding tert-OH is 4. The van der Waals surface area contributed by atoms with E-state index in [4.69, 9.17) is 47.7 Å². The first kappa shape index (κ1) is 61.5. The summed E-state index contributed by atoms with van der Waals surface area (Å²) in [6, 6.07) is -1.12. The van der Waals surface area contributed by atoms with Crippen molar-refractivity contribution in [2.24, 2.45) is 0 Å². The van der Waals surface area contributed by atoms with Gasteiger partial charge in [-0.15, -0.1) is 19.6 Å². The molecule has 1 saturated heterocycles. The number of nitrogens with one attached hydrogen (secondary N) is 3. The summed E-state index contributed by atoms with van der Waals surface area (Å²) in [6.45, 7) is 19.8. The number of hydrogen-bond donors (Lipinski definition) is 7. The number of hydrogen-bond acceptors (Lipinski definition) is 17. The maximum atomic E-state index is 11.9. The molecule has 1 unspecified atom stereocenters. The van der Waals surface area contributed by atoms with Gasteiger partial charge in [0.05, 0.1) is 118 Å². The maximum Gasteiger partial charge on any atom is 1.00 e. The normalized spacial score (nSPS) is 20.3. The first-order valence-corrected chi connectivity index (χ1v) is 21.4. The standard InChI is InChI=1S/C35H66N4O15.C6H8NO2.Li/c1-4-39(5-2)31(42)8-12-47-16-19-50-21-23-52-25-26-53-24-22-51-20-18-49-14-10-37-35(45)36-9-13-48-17-15-46-11-6-7-29-32(38-28(3)41)34(44)33(43)30(27-40)54-29;1-2-7-5(8)3-4-6(7)9;/h29-30,32-34,40,43-44H,1-2,4-27H2,3H3,(H,38,41)(H2,36,37,45);3-5,8H,1-2H2;/q-2;-1;+1/t29-,30-,32+,33+,34-;;/m1../s1. The monoisotopic (exact) mass is 916 g/mol. The minimum atomic E-state index is -1.30. The third-order valence-electron chi connectivity index (χ3n) is 9.08. The van der Waals surface area contributed by atoms with Gasteiger partial charge in [0.25, 0.3) is 0 Å². The first-order chi connectivity index (χ1) is 30.5. The Morgan fingerprint density at radius 2 is 1.16 bits per heavy atom. The Morgan fingerprint density at radius 3 is 1.55 bits per heavy atom. The fraction of sp³-hybridized carbons (Fsp3) is 0.780. The second-order valence-electron chi connectivity index (χ2n) is 13.8. The molecule has 368 valence electrons. The summed E-state index contributed by atoms with van der Waals surface area (Å²) in [4.78, 5) is 48.7. The van der Waals surface area contributed by atoms with Crippen molar-refractivity contribution in [2.45, 2.75) is 62.9 Å². The number of rotatable bonds is 36. The molecule has 0 bridgehead atoms. The molecule has 0 spiro atoms. The summed E-state index contributed by atoms with van der Waals surface area (Å²) < 4.78 is 49.3. The van der Waals surface area contributed by atoms with E-state index < -0.39 is 43.3 Å². The molecule has 22 nitrogen and oxygen atoms in total. The molecule has 2 aliphatic heterocycles. The summed E-state index contributed by atoms with van der Waals surface area (Å²) >= 11 is 0. The van der Waals surface area contributed by atoms with Crippen LogP contribution in [0.3, 0.4) is 0 Å². The van der Waals surface area contributed by atoms with Gasteiger partial charge < -0.3 is 110 Å². The van der Waals surface area contributed by atoms with Gasteiger partial charge in [0.15, 0.2) is 0 Å². The van der Waals surface area contributed by atoms with Gasteiger partial charge in [-0.05, 0) is 18.9 Å². The van der Waals surface area contributed by atoms with Gasteiger partial charge in [-0.2, -0.15) is 0 Å². The quantitative estimate of drug-likeness (QED) is 0.0176. The van der Waals surface area contributed by atoms with E-state index in [2.05, 4.69) is 36.7 Å². The number of ether oxygens (including phenoxy) is 9. The van der Waals surface area contributed by atoms with Gasteiger partial charge in [0, 0.05) is 39.1 Å². The van der Waals surface area contributed by atoms with Crippen LogP contribution in [0, 0.1) is 20.8 Å². The van der Waals surface area contributed by atoms with Crippen LogP contribution in [0.25, 0.3) is 0 Å². The molecule has 0 aliphatic carbocycles. The first-order valence-electron chi connectivity index (χ1n) is 21.4. The van der Waals surface area contributed by atoms with Crippen LogP contribution in [-0.4, -0.2) is 236 Å². The number of carbonyl (C=O) groups is 4. The van der Waals surface area contributed by atoms with E-state index >= 15 is 0 Å². The maximum absolute atomic E-state index is 11.9. The van der Waals surface area contributed by atoms with E-state index in [9.17, 15) is 34.5 Å². The average molecular weight is 916 g/mol. The fourth-order valence-corrected chi connectivity index (χ4v) is 5.72. The Morgan fingerprint density at radius 1 is 0.703 bits per heavy atom. The molecule has 5 amide bonds. The van der Waals surface area contributed by atoms with Crippen molar-refractivity contribution in [1.29, 1.82) is 0 Å². The van der Waals surface area contributed by atoms with Crippen molar-refractivity contribution in [3.63, 3.8) is 0 Å². The smallest absolute Gasteiger partial charge is 0.403 e. The summed E-state index contributed by atoms with van der Waals surface area (Å²) in [5, 5.41) is 46.8. The third-order valence-corrected chi connectivity index (χ3v) is 9.08. The van der Waals surface area contributed by atoms with Crippen LogP contribution in [0.15, 0.2) is 12.2 Å². The second kappa shape index (κ2) is 40.7. The van der Waals surface area contributed by atoms with E-state index in [1.165, 1.54) is 24.0 Å². The second-order valence-corrected chi connectivity index (χ2v) is 13.8. The zero-order chi connectivity index (χ0) is 46.5. The average Bonchev–Trinajstić information content (AvgIpc) is 3.60. The van der Waals surface area contributed by atoms with Gasteiger partial charge in [-0.25, -0.2) is 4.79 Å². The van der Waals surface area contributed by atoms with Gasteiger partial charge in [-0.3, -0.25) is 14.4 Å². The Kier molecular flexibility index (Phi) is 39.2. The van der Waals surface area contributed by atoms with Crippen molar-refractivity contribution in [3.8, 4) is 0 Å². The molecule has 0 radical (unpaired) electrons. The number of nitrogens with zero attached hydrogens (tertiary/aromatic N) is 2. The molecule has 7 N–H and O–H groups in total. The van der Waals surface area contributed by atoms with Crippen molar-refractivity contribution < 1.29 is 101 Å². The largest absolute Gasteiger partial charge is 1.00 e. The summed E-state index contributed by atoms with van der Waals surface area (Å²) in [5.41, 5.74) is 0. The summed E-state index contributed by atoms with van der Waals surface area (Å²) in [6.07, 6.45) is -0.742. The molecule has 0 aromatic heterocycles. The van der Waals surface area contributed by atoms with Crippen LogP contribution >= 0.6 is 0 Å². The summed E-state index contributed by atoms with van der Waals surface area (Å²) in [5.74, 6) is -0.548. The van der Waals surface area contributed by atoms with Crippen molar-refractivity contribution in [3.05, 3.63) is 32.9 Å². The van der Waals surface area contributed by atoms with Crippen LogP contribution in [0.2, 0.25) is 0 Å². The molecule has 0 aromatic carbocycles. The molecule has 2 heterocycles. The molecule has 0 aromatic rings. The van der Waals surface area contributed by atoms with Gasteiger partial charge >= 0.3 is 24.9 Å². The predicted octanol–water partition coefficient (Wildman–Crippen LogP) is -5.39. The van der Waals surface area contributed by atoms with Crippen LogP contribution in [0.4, 0.5) is 4.79 Å². The SMILES string of the molecule is [CH2-]CN(C[CH2-])C(=O)CCOCCOCCOCCOCCOCCOCCNC(=O)NCCOCCOCCC[C@H]1O[C@H](CO)[C@H](O)[C@H](O)[C@H]1NC(C)=O.[CH2-]CN1C(=O)C=CC1O.[Li+]. The van der Waals surface area contributed by atoms with Gasteiger partial charge in [0.1, 0.15) is 24.5 Å². The van der Waals surface area contributed by atoms with Crippen LogP contribution in [0.1, 0.15) is 26.2 Å². The molecule has 1 fully saturated rings. The topological polar surface area (TPSA) is 275 Å². The number of aliphatic hydroxyl groups is 4. The molecule has 2 rings (SSSR count). The van der Waals surface area contributed by atoms with Crippen LogP contribution in [0.5, 0.6) is 0 Å². The molecule has 64 heavy (non-hydrogen) atoms. The Bertz CT molecular complexity index is 1230. The van der Waals surface area contributed by atoms with Crippen LogP contribution < -0.4 is 34.8 Å². The van der Waals surface area contributed by atoms with E-state index in [1.54, 1.807) is 4.90 Å². The minimum absolute atomic E-state index is 0. The van der Waals surface area contributed by atoms with E-state index in [0.717, 1.165) is 0 Å². The van der Waals surface area contributed by atoms with Crippen molar-refractivity contribution in [2.75, 3.05) is 145 Å². The Balaban J connectivity index is 0.00000351. The Hall–Kier alpha value is -2.50. The number of urea groups is 1. The fourth-order valence-electron chi connectivity index (χ4n) is 5.72. The Labute approximate surface area is 390 Å².